The number of halogens is 1. The number of rotatable bonds is 9. The van der Waals surface area contributed by atoms with E-state index in [0.717, 1.165) is 12.2 Å². The molecule has 1 rings (SSSR count). The number of amides is 1. The van der Waals surface area contributed by atoms with Gasteiger partial charge in [-0.1, -0.05) is 0 Å². The Kier molecular flexibility index (Phi) is 8.02. The second kappa shape index (κ2) is 9.64. The van der Waals surface area contributed by atoms with Crippen LogP contribution in [0.15, 0.2) is 24.3 Å². The molecule has 106 valence electrons. The lowest BCUT2D eigenvalue weighted by Crippen LogP contribution is -2.25. The van der Waals surface area contributed by atoms with E-state index in [0.29, 0.717) is 37.8 Å². The van der Waals surface area contributed by atoms with Crippen LogP contribution in [0.3, 0.4) is 0 Å². The Hall–Kier alpha value is -1.26. The van der Waals surface area contributed by atoms with E-state index in [-0.39, 0.29) is 5.91 Å². The number of alkyl halides is 1. The van der Waals surface area contributed by atoms with Gasteiger partial charge in [-0.2, -0.15) is 0 Å². The van der Waals surface area contributed by atoms with Gasteiger partial charge in [0.2, 0.25) is 0 Å². The molecular formula is C14H20ClNO3. The largest absolute Gasteiger partial charge is 0.494 e. The molecule has 0 aliphatic heterocycles. The Bertz CT molecular complexity index is 367. The molecular weight excluding hydrogens is 266 g/mol. The second-order valence-corrected chi connectivity index (χ2v) is 4.25. The molecule has 4 nitrogen and oxygen atoms in total. The molecule has 0 saturated heterocycles. The zero-order valence-electron chi connectivity index (χ0n) is 11.2. The van der Waals surface area contributed by atoms with Crippen LogP contribution in [-0.4, -0.2) is 38.2 Å². The molecule has 0 spiro atoms. The van der Waals surface area contributed by atoms with Crippen molar-refractivity contribution >= 4 is 17.5 Å². The van der Waals surface area contributed by atoms with Gasteiger partial charge in [-0.3, -0.25) is 4.79 Å². The van der Waals surface area contributed by atoms with Crippen LogP contribution in [0.5, 0.6) is 5.75 Å². The van der Waals surface area contributed by atoms with Crippen molar-refractivity contribution in [3.05, 3.63) is 29.8 Å². The predicted octanol–water partition coefficient (Wildman–Crippen LogP) is 2.46. The molecule has 0 heterocycles. The number of carbonyl (C=O) groups is 1. The third-order valence-electron chi connectivity index (χ3n) is 2.40. The van der Waals surface area contributed by atoms with E-state index < -0.39 is 0 Å². The van der Waals surface area contributed by atoms with E-state index in [1.807, 2.05) is 6.92 Å². The Morgan fingerprint density at radius 3 is 2.63 bits per heavy atom. The van der Waals surface area contributed by atoms with Gasteiger partial charge in [0.15, 0.2) is 0 Å². The Morgan fingerprint density at radius 1 is 1.26 bits per heavy atom. The molecule has 0 bridgehead atoms. The second-order valence-electron chi connectivity index (χ2n) is 3.87. The highest BCUT2D eigenvalue weighted by Gasteiger charge is 2.04. The molecule has 0 atom stereocenters. The topological polar surface area (TPSA) is 47.6 Å². The zero-order valence-corrected chi connectivity index (χ0v) is 11.9. The molecule has 5 heteroatoms. The quantitative estimate of drug-likeness (QED) is 0.560. The fourth-order valence-corrected chi connectivity index (χ4v) is 1.61. The minimum absolute atomic E-state index is 0.0830. The maximum atomic E-state index is 11.8. The van der Waals surface area contributed by atoms with Crippen LogP contribution >= 0.6 is 11.6 Å². The van der Waals surface area contributed by atoms with Gasteiger partial charge in [0.1, 0.15) is 5.75 Å². The molecule has 1 aromatic carbocycles. The van der Waals surface area contributed by atoms with E-state index >= 15 is 0 Å². The van der Waals surface area contributed by atoms with Crippen molar-refractivity contribution in [3.8, 4) is 5.75 Å². The molecule has 0 unspecified atom stereocenters. The van der Waals surface area contributed by atoms with Gasteiger partial charge in [-0.25, -0.2) is 0 Å². The summed E-state index contributed by atoms with van der Waals surface area (Å²) in [7, 11) is 0. The number of nitrogens with one attached hydrogen (secondary N) is 1. The highest BCUT2D eigenvalue weighted by Crippen LogP contribution is 2.11. The van der Waals surface area contributed by atoms with E-state index in [2.05, 4.69) is 5.32 Å². The lowest BCUT2D eigenvalue weighted by atomic mass is 10.2. The first kappa shape index (κ1) is 15.8. The van der Waals surface area contributed by atoms with Crippen LogP contribution in [0, 0.1) is 0 Å². The van der Waals surface area contributed by atoms with Crippen molar-refractivity contribution in [3.63, 3.8) is 0 Å². The van der Waals surface area contributed by atoms with Gasteiger partial charge in [-0.15, -0.1) is 11.6 Å². The minimum atomic E-state index is -0.0830. The first-order valence-electron chi connectivity index (χ1n) is 6.42. The van der Waals surface area contributed by atoms with Crippen LogP contribution < -0.4 is 10.1 Å². The standard InChI is InChI=1S/C14H20ClNO3/c1-2-19-13-6-4-12(5-7-13)14(17)16-9-3-10-18-11-8-15/h4-7H,2-3,8-11H2,1H3,(H,16,17). The van der Waals surface area contributed by atoms with Crippen LogP contribution in [0.25, 0.3) is 0 Å². The van der Waals surface area contributed by atoms with Crippen LogP contribution in [0.4, 0.5) is 0 Å². The molecule has 0 saturated carbocycles. The summed E-state index contributed by atoms with van der Waals surface area (Å²) < 4.78 is 10.5. The Morgan fingerprint density at radius 2 is 2.00 bits per heavy atom. The fourth-order valence-electron chi connectivity index (χ4n) is 1.50. The summed E-state index contributed by atoms with van der Waals surface area (Å²) in [6.07, 6.45) is 0.777. The summed E-state index contributed by atoms with van der Waals surface area (Å²) in [5, 5.41) is 2.83. The molecule has 0 aromatic heterocycles. The lowest BCUT2D eigenvalue weighted by molar-refractivity contribution is 0.0944. The van der Waals surface area contributed by atoms with Crippen molar-refractivity contribution in [2.45, 2.75) is 13.3 Å². The average Bonchev–Trinajstić information content (AvgIpc) is 2.43. The van der Waals surface area contributed by atoms with Crippen LogP contribution in [-0.2, 0) is 4.74 Å². The number of carbonyl (C=O) groups excluding carboxylic acids is 1. The molecule has 0 fully saturated rings. The van der Waals surface area contributed by atoms with Gasteiger partial charge in [-0.05, 0) is 37.6 Å². The van der Waals surface area contributed by atoms with Gasteiger partial charge >= 0.3 is 0 Å². The van der Waals surface area contributed by atoms with Gasteiger partial charge < -0.3 is 14.8 Å². The summed E-state index contributed by atoms with van der Waals surface area (Å²) in [6.45, 7) is 4.29. The van der Waals surface area contributed by atoms with Crippen molar-refractivity contribution < 1.29 is 14.3 Å². The third-order valence-corrected chi connectivity index (χ3v) is 2.55. The minimum Gasteiger partial charge on any atom is -0.494 e. The van der Waals surface area contributed by atoms with E-state index in [1.165, 1.54) is 0 Å². The summed E-state index contributed by atoms with van der Waals surface area (Å²) in [5.74, 6) is 1.19. The maximum Gasteiger partial charge on any atom is 0.251 e. The van der Waals surface area contributed by atoms with Crippen LogP contribution in [0.2, 0.25) is 0 Å². The van der Waals surface area contributed by atoms with E-state index in [9.17, 15) is 4.79 Å². The maximum absolute atomic E-state index is 11.8. The van der Waals surface area contributed by atoms with Crippen molar-refractivity contribution in [1.82, 2.24) is 5.32 Å². The summed E-state index contributed by atoms with van der Waals surface area (Å²) >= 11 is 5.48. The number of benzene rings is 1. The SMILES string of the molecule is CCOc1ccc(C(=O)NCCCOCCCl)cc1. The molecule has 0 aliphatic rings. The van der Waals surface area contributed by atoms with E-state index in [4.69, 9.17) is 21.1 Å². The highest BCUT2D eigenvalue weighted by atomic mass is 35.5. The molecule has 1 aromatic rings. The van der Waals surface area contributed by atoms with Crippen molar-refractivity contribution in [2.24, 2.45) is 0 Å². The van der Waals surface area contributed by atoms with Gasteiger partial charge in [0.05, 0.1) is 13.2 Å². The monoisotopic (exact) mass is 285 g/mol. The molecule has 0 radical (unpaired) electrons. The molecule has 1 amide bonds. The summed E-state index contributed by atoms with van der Waals surface area (Å²) in [4.78, 5) is 11.8. The predicted molar refractivity (Wildman–Crippen MR) is 76.1 cm³/mol. The number of hydrogen-bond acceptors (Lipinski definition) is 3. The van der Waals surface area contributed by atoms with Gasteiger partial charge in [0, 0.05) is 24.6 Å². The van der Waals surface area contributed by atoms with Gasteiger partial charge in [0.25, 0.3) is 5.91 Å². The van der Waals surface area contributed by atoms with Crippen molar-refractivity contribution in [2.75, 3.05) is 32.2 Å². The molecule has 0 aliphatic carbocycles. The van der Waals surface area contributed by atoms with Crippen molar-refractivity contribution in [1.29, 1.82) is 0 Å². The molecule has 19 heavy (non-hydrogen) atoms. The third kappa shape index (κ3) is 6.45. The lowest BCUT2D eigenvalue weighted by Gasteiger charge is -2.07. The first-order chi connectivity index (χ1) is 9.27. The average molecular weight is 286 g/mol. The fraction of sp³-hybridized carbons (Fsp3) is 0.500. The highest BCUT2D eigenvalue weighted by molar-refractivity contribution is 6.17. The van der Waals surface area contributed by atoms with Crippen LogP contribution in [0.1, 0.15) is 23.7 Å². The normalized spacial score (nSPS) is 10.2. The van der Waals surface area contributed by atoms with E-state index in [1.54, 1.807) is 24.3 Å². The Balaban J connectivity index is 2.25. The first-order valence-corrected chi connectivity index (χ1v) is 6.96. The molecule has 1 N–H and O–H groups in total. The smallest absolute Gasteiger partial charge is 0.251 e. The number of ether oxygens (including phenoxy) is 2. The Labute approximate surface area is 119 Å². The zero-order chi connectivity index (χ0) is 13.9. The summed E-state index contributed by atoms with van der Waals surface area (Å²) in [5.41, 5.74) is 0.630. The summed E-state index contributed by atoms with van der Waals surface area (Å²) in [6, 6.07) is 7.10. The number of hydrogen-bond donors (Lipinski definition) is 1.